The molecule has 5 rings (SSSR count). The van der Waals surface area contributed by atoms with Crippen LogP contribution in [0.2, 0.25) is 0 Å². The van der Waals surface area contributed by atoms with Gasteiger partial charge in [0.1, 0.15) is 17.9 Å². The van der Waals surface area contributed by atoms with Crippen LogP contribution in [-0.4, -0.2) is 49.6 Å². The summed E-state index contributed by atoms with van der Waals surface area (Å²) in [5.74, 6) is -0.564. The Hall–Kier alpha value is -4.09. The van der Waals surface area contributed by atoms with Crippen LogP contribution in [0, 0.1) is 5.92 Å². The smallest absolute Gasteiger partial charge is 0.382 e. The number of carbonyl (C=O) groups excluding carboxylic acids is 1. The SMILES string of the molecule is CCON(c1ccccc1)[C@@H](Cc1ccccc1)C(=O)NP(=O)(O)OC[C@H]1C=C[C@@H](n2cnc3c(N)ncnc32)C1. The second kappa shape index (κ2) is 12.6. The number of rotatable bonds is 12. The van der Waals surface area contributed by atoms with Crippen molar-refractivity contribution in [2.45, 2.75) is 31.8 Å². The fourth-order valence-electron chi connectivity index (χ4n) is 4.82. The maximum absolute atomic E-state index is 13.5. The third kappa shape index (κ3) is 6.80. The summed E-state index contributed by atoms with van der Waals surface area (Å²) in [4.78, 5) is 42.6. The summed E-state index contributed by atoms with van der Waals surface area (Å²) in [6.07, 6.45) is 7.73. The van der Waals surface area contributed by atoms with E-state index in [-0.39, 0.29) is 25.0 Å². The number of nitrogen functional groups attached to an aromatic ring is 1. The van der Waals surface area contributed by atoms with E-state index in [0.717, 1.165) is 5.56 Å². The number of nitrogens with zero attached hydrogens (tertiary/aromatic N) is 5. The van der Waals surface area contributed by atoms with Crippen molar-refractivity contribution in [2.24, 2.45) is 5.92 Å². The molecule has 1 aliphatic rings. The summed E-state index contributed by atoms with van der Waals surface area (Å²) in [7, 11) is -4.51. The summed E-state index contributed by atoms with van der Waals surface area (Å²) in [5, 5.41) is 3.71. The average Bonchev–Trinajstić information content (AvgIpc) is 3.62. The van der Waals surface area contributed by atoms with Gasteiger partial charge < -0.3 is 15.2 Å². The van der Waals surface area contributed by atoms with Crippen molar-refractivity contribution in [1.82, 2.24) is 24.6 Å². The van der Waals surface area contributed by atoms with Gasteiger partial charge in [0.25, 0.3) is 5.91 Å². The molecule has 41 heavy (non-hydrogen) atoms. The number of para-hydroxylation sites is 1. The van der Waals surface area contributed by atoms with Gasteiger partial charge in [-0.15, -0.1) is 0 Å². The summed E-state index contributed by atoms with van der Waals surface area (Å²) in [6.45, 7) is 2.03. The van der Waals surface area contributed by atoms with E-state index in [1.807, 2.05) is 84.3 Å². The first-order valence-electron chi connectivity index (χ1n) is 13.3. The Balaban J connectivity index is 1.25. The van der Waals surface area contributed by atoms with Gasteiger partial charge in [0.15, 0.2) is 11.5 Å². The lowest BCUT2D eigenvalue weighted by atomic mass is 10.0. The topological polar surface area (TPSA) is 158 Å². The first-order valence-corrected chi connectivity index (χ1v) is 14.8. The van der Waals surface area contributed by atoms with Crippen molar-refractivity contribution >= 4 is 36.3 Å². The van der Waals surface area contributed by atoms with Crippen LogP contribution in [0.3, 0.4) is 0 Å². The second-order valence-corrected chi connectivity index (χ2v) is 11.1. The first-order chi connectivity index (χ1) is 19.8. The minimum Gasteiger partial charge on any atom is -0.382 e. The zero-order chi connectivity index (χ0) is 28.8. The van der Waals surface area contributed by atoms with Gasteiger partial charge in [-0.05, 0) is 31.0 Å². The van der Waals surface area contributed by atoms with Crippen LogP contribution < -0.4 is 15.9 Å². The van der Waals surface area contributed by atoms with Crippen molar-refractivity contribution in [3.8, 4) is 0 Å². The molecule has 0 spiro atoms. The Bertz CT molecular complexity index is 1550. The Labute approximate surface area is 237 Å². The molecule has 0 aliphatic heterocycles. The number of hydroxylamine groups is 1. The summed E-state index contributed by atoms with van der Waals surface area (Å²) >= 11 is 0. The molecule has 2 aromatic carbocycles. The number of aromatic nitrogens is 4. The Kier molecular flexibility index (Phi) is 8.75. The molecular formula is C28H32N7O5P. The van der Waals surface area contributed by atoms with Crippen LogP contribution in [0.25, 0.3) is 11.2 Å². The number of hydrogen-bond acceptors (Lipinski definition) is 9. The molecule has 0 bridgehead atoms. The Morgan fingerprint density at radius 3 is 2.61 bits per heavy atom. The van der Waals surface area contributed by atoms with Gasteiger partial charge >= 0.3 is 7.75 Å². The molecule has 13 heteroatoms. The number of amides is 1. The molecule has 0 saturated carbocycles. The molecule has 1 amide bonds. The molecule has 214 valence electrons. The number of hydrogen-bond donors (Lipinski definition) is 3. The minimum absolute atomic E-state index is 0.0674. The lowest BCUT2D eigenvalue weighted by molar-refractivity contribution is -0.123. The van der Waals surface area contributed by atoms with Crippen LogP contribution in [0.4, 0.5) is 11.5 Å². The summed E-state index contributed by atoms with van der Waals surface area (Å²) in [6, 6.07) is 17.5. The zero-order valence-electron chi connectivity index (χ0n) is 22.5. The quantitative estimate of drug-likeness (QED) is 0.128. The van der Waals surface area contributed by atoms with E-state index in [2.05, 4.69) is 20.0 Å². The van der Waals surface area contributed by atoms with Crippen LogP contribution in [0.15, 0.2) is 85.5 Å². The molecule has 12 nitrogen and oxygen atoms in total. The van der Waals surface area contributed by atoms with Crippen LogP contribution in [-0.2, 0) is 25.1 Å². The first kappa shape index (κ1) is 28.4. The van der Waals surface area contributed by atoms with Crippen molar-refractivity contribution in [1.29, 1.82) is 0 Å². The van der Waals surface area contributed by atoms with Crippen LogP contribution in [0.5, 0.6) is 0 Å². The summed E-state index contributed by atoms with van der Waals surface area (Å²) < 4.78 is 20.3. The predicted molar refractivity (Wildman–Crippen MR) is 154 cm³/mol. The van der Waals surface area contributed by atoms with Gasteiger partial charge in [-0.1, -0.05) is 60.7 Å². The minimum atomic E-state index is -4.51. The molecule has 1 aliphatic carbocycles. The maximum atomic E-state index is 13.5. The largest absolute Gasteiger partial charge is 0.432 e. The van der Waals surface area contributed by atoms with E-state index in [1.165, 1.54) is 11.4 Å². The molecule has 0 fully saturated rings. The molecule has 4 N–H and O–H groups in total. The number of anilines is 2. The highest BCUT2D eigenvalue weighted by atomic mass is 31.2. The van der Waals surface area contributed by atoms with Crippen molar-refractivity contribution in [2.75, 3.05) is 24.0 Å². The summed E-state index contributed by atoms with van der Waals surface area (Å²) in [5.41, 5.74) is 8.52. The van der Waals surface area contributed by atoms with E-state index >= 15 is 0 Å². The molecule has 4 aromatic rings. The fourth-order valence-corrected chi connectivity index (χ4v) is 5.70. The van der Waals surface area contributed by atoms with Crippen molar-refractivity contribution in [3.63, 3.8) is 0 Å². The van der Waals surface area contributed by atoms with Gasteiger partial charge in [0.05, 0.1) is 31.3 Å². The molecule has 0 radical (unpaired) electrons. The van der Waals surface area contributed by atoms with Gasteiger partial charge in [0, 0.05) is 12.3 Å². The number of fused-ring (bicyclic) bond motifs is 1. The third-order valence-corrected chi connectivity index (χ3v) is 7.75. The van der Waals surface area contributed by atoms with E-state index in [4.69, 9.17) is 15.1 Å². The van der Waals surface area contributed by atoms with Crippen molar-refractivity contribution < 1.29 is 23.6 Å². The number of nitrogens with two attached hydrogens (primary N) is 1. The lowest BCUT2D eigenvalue weighted by Gasteiger charge is -2.32. The highest BCUT2D eigenvalue weighted by molar-refractivity contribution is 7.51. The highest BCUT2D eigenvalue weighted by Crippen LogP contribution is 2.40. The molecule has 2 aromatic heterocycles. The maximum Gasteiger partial charge on any atom is 0.432 e. The molecule has 4 atom stereocenters. The predicted octanol–water partition coefficient (Wildman–Crippen LogP) is 3.83. The van der Waals surface area contributed by atoms with Crippen molar-refractivity contribution in [3.05, 3.63) is 91.0 Å². The second-order valence-electron chi connectivity index (χ2n) is 9.61. The van der Waals surface area contributed by atoms with Gasteiger partial charge in [-0.2, -0.15) is 0 Å². The van der Waals surface area contributed by atoms with E-state index < -0.39 is 19.7 Å². The normalized spacial score (nSPS) is 18.7. The standard InChI is InChI=1S/C28H32N7O5P/c1-2-39-35(22-11-7-4-8-12-22)24(16-20-9-5-3-6-10-20)28(36)33-41(37,38)40-17-21-13-14-23(15-21)34-19-32-25-26(29)30-18-31-27(25)34/h3-14,18-19,21,23-24H,2,15-17H2,1H3,(H2,29,30,31)(H2,33,36,37,38)/t21-,23+,24-/m0/s1. The van der Waals surface area contributed by atoms with E-state index in [9.17, 15) is 14.3 Å². The monoisotopic (exact) mass is 577 g/mol. The Morgan fingerprint density at radius 1 is 1.15 bits per heavy atom. The van der Waals surface area contributed by atoms with Gasteiger partial charge in [-0.3, -0.25) is 19.2 Å². The molecule has 0 saturated heterocycles. The number of allylic oxidation sites excluding steroid dienone is 1. The van der Waals surface area contributed by atoms with Gasteiger partial charge in [0.2, 0.25) is 0 Å². The highest BCUT2D eigenvalue weighted by Gasteiger charge is 2.34. The number of carbonyl (C=O) groups is 1. The number of nitrogens with one attached hydrogen (secondary N) is 1. The number of benzene rings is 2. The fraction of sp³-hybridized carbons (Fsp3) is 0.286. The average molecular weight is 578 g/mol. The molecule has 2 heterocycles. The van der Waals surface area contributed by atoms with E-state index in [1.54, 1.807) is 6.33 Å². The lowest BCUT2D eigenvalue weighted by Crippen LogP contribution is -2.48. The van der Waals surface area contributed by atoms with E-state index in [0.29, 0.717) is 35.7 Å². The van der Waals surface area contributed by atoms with Gasteiger partial charge in [-0.25, -0.2) is 24.6 Å². The zero-order valence-corrected chi connectivity index (χ0v) is 23.4. The molecular weight excluding hydrogens is 545 g/mol. The van der Waals surface area contributed by atoms with Crippen LogP contribution >= 0.6 is 7.75 Å². The third-order valence-electron chi connectivity index (χ3n) is 6.75. The molecule has 1 unspecified atom stereocenters. The Morgan fingerprint density at radius 2 is 1.88 bits per heavy atom. The van der Waals surface area contributed by atoms with Crippen LogP contribution in [0.1, 0.15) is 24.9 Å². The number of imidazole rings is 1.